The molecule has 11 nitrogen and oxygen atoms in total. The van der Waals surface area contributed by atoms with Gasteiger partial charge in [0.25, 0.3) is 0 Å². The van der Waals surface area contributed by atoms with Gasteiger partial charge in [0, 0.05) is 24.3 Å². The highest BCUT2D eigenvalue weighted by molar-refractivity contribution is 7.09. The Labute approximate surface area is 294 Å². The summed E-state index contributed by atoms with van der Waals surface area (Å²) in [5.74, 6) is -1.76. The van der Waals surface area contributed by atoms with Crippen molar-refractivity contribution in [1.82, 2.24) is 20.5 Å². The molecule has 4 aromatic rings. The Bertz CT molecular complexity index is 1800. The fourth-order valence-electron chi connectivity index (χ4n) is 6.71. The first-order valence-electron chi connectivity index (χ1n) is 16.8. The fraction of sp³-hybridized carbons (Fsp3) is 0.342. The SMILES string of the molecule is CCOC(=O)c1csc([C@@H]2CCCN2C(=O)[C@H](Cc2ccccc2)NC(=O)[C@@H](NC(=O)OCC2c3ccccc3-c3ccccc32)[C@H](C)O)n1. The molecule has 6 rings (SSSR count). The molecule has 0 bridgehead atoms. The Kier molecular flexibility index (Phi) is 10.9. The van der Waals surface area contributed by atoms with Crippen LogP contribution in [-0.4, -0.2) is 76.8 Å². The summed E-state index contributed by atoms with van der Waals surface area (Å²) in [5.41, 5.74) is 5.27. The van der Waals surface area contributed by atoms with Crippen LogP contribution in [-0.2, 0) is 25.5 Å². The van der Waals surface area contributed by atoms with E-state index in [1.165, 1.54) is 18.3 Å². The summed E-state index contributed by atoms with van der Waals surface area (Å²) >= 11 is 1.29. The minimum absolute atomic E-state index is 0.0358. The van der Waals surface area contributed by atoms with Gasteiger partial charge in [-0.2, -0.15) is 0 Å². The molecule has 3 aromatic carbocycles. The number of carbonyl (C=O) groups is 4. The van der Waals surface area contributed by atoms with Crippen molar-refractivity contribution in [2.24, 2.45) is 0 Å². The van der Waals surface area contributed by atoms with Gasteiger partial charge in [0.05, 0.1) is 18.8 Å². The summed E-state index contributed by atoms with van der Waals surface area (Å²) in [6.07, 6.45) is -0.611. The van der Waals surface area contributed by atoms with Gasteiger partial charge < -0.3 is 30.1 Å². The molecule has 0 saturated carbocycles. The standard InChI is InChI=1S/C38H40N4O7S/c1-3-48-37(46)31-22-50-35(40-31)32-18-11-19-42(32)36(45)30(20-24-12-5-4-6-13-24)39-34(44)33(23(2)43)41-38(47)49-21-29-27-16-9-7-14-25(27)26-15-8-10-17-28(26)29/h4-10,12-17,22-23,29-30,32-33,43H,3,11,18-21H2,1-2H3,(H,39,44)(H,41,47)/t23-,30-,32-,33-/m0/s1. The number of aliphatic hydroxyl groups excluding tert-OH is 1. The zero-order valence-electron chi connectivity index (χ0n) is 27.9. The number of carbonyl (C=O) groups excluding carboxylic acids is 4. The average Bonchev–Trinajstić information content (AvgIpc) is 3.88. The van der Waals surface area contributed by atoms with Gasteiger partial charge in [-0.05, 0) is 54.5 Å². The second-order valence-corrected chi connectivity index (χ2v) is 13.3. The van der Waals surface area contributed by atoms with Crippen LogP contribution in [0.3, 0.4) is 0 Å². The molecular weight excluding hydrogens is 657 g/mol. The van der Waals surface area contributed by atoms with E-state index in [4.69, 9.17) is 9.47 Å². The van der Waals surface area contributed by atoms with E-state index in [1.54, 1.807) is 17.2 Å². The summed E-state index contributed by atoms with van der Waals surface area (Å²) in [5, 5.41) is 18.2. The smallest absolute Gasteiger partial charge is 0.407 e. The summed E-state index contributed by atoms with van der Waals surface area (Å²) in [6.45, 7) is 3.82. The van der Waals surface area contributed by atoms with E-state index in [-0.39, 0.29) is 43.2 Å². The lowest BCUT2D eigenvalue weighted by Gasteiger charge is -2.30. The summed E-state index contributed by atoms with van der Waals surface area (Å²) in [7, 11) is 0. The largest absolute Gasteiger partial charge is 0.461 e. The minimum Gasteiger partial charge on any atom is -0.461 e. The average molecular weight is 697 g/mol. The van der Waals surface area contributed by atoms with Crippen molar-refractivity contribution >= 4 is 35.2 Å². The number of hydrogen-bond donors (Lipinski definition) is 3. The number of aromatic nitrogens is 1. The van der Waals surface area contributed by atoms with Crippen LogP contribution in [0.25, 0.3) is 11.1 Å². The van der Waals surface area contributed by atoms with E-state index >= 15 is 0 Å². The Balaban J connectivity index is 1.15. The molecule has 260 valence electrons. The van der Waals surface area contributed by atoms with Crippen LogP contribution in [0, 0.1) is 0 Å². The number of amides is 3. The van der Waals surface area contributed by atoms with Crippen molar-refractivity contribution in [3.8, 4) is 11.1 Å². The normalized spacial score (nSPS) is 16.9. The second kappa shape index (κ2) is 15.6. The maximum absolute atomic E-state index is 14.2. The lowest BCUT2D eigenvalue weighted by molar-refractivity contribution is -0.138. The third kappa shape index (κ3) is 7.56. The third-order valence-corrected chi connectivity index (χ3v) is 10.1. The predicted molar refractivity (Wildman–Crippen MR) is 188 cm³/mol. The number of thiazole rings is 1. The van der Waals surface area contributed by atoms with Gasteiger partial charge in [-0.3, -0.25) is 9.59 Å². The number of nitrogens with zero attached hydrogens (tertiary/aromatic N) is 2. The predicted octanol–water partition coefficient (Wildman–Crippen LogP) is 5.00. The first kappa shape index (κ1) is 34.8. The number of aliphatic hydroxyl groups is 1. The highest BCUT2D eigenvalue weighted by Gasteiger charge is 2.38. The molecule has 2 aliphatic rings. The van der Waals surface area contributed by atoms with Crippen molar-refractivity contribution in [3.63, 3.8) is 0 Å². The molecule has 1 aromatic heterocycles. The van der Waals surface area contributed by atoms with Crippen LogP contribution in [0.1, 0.15) is 70.8 Å². The van der Waals surface area contributed by atoms with Gasteiger partial charge in [0.2, 0.25) is 11.8 Å². The molecule has 4 atom stereocenters. The number of nitrogens with one attached hydrogen (secondary N) is 2. The number of esters is 1. The molecule has 0 unspecified atom stereocenters. The molecule has 50 heavy (non-hydrogen) atoms. The van der Waals surface area contributed by atoms with Crippen LogP contribution < -0.4 is 10.6 Å². The number of benzene rings is 3. The molecule has 1 fully saturated rings. The molecule has 1 aliphatic carbocycles. The van der Waals surface area contributed by atoms with E-state index in [0.29, 0.717) is 18.0 Å². The molecule has 12 heteroatoms. The summed E-state index contributed by atoms with van der Waals surface area (Å²) in [4.78, 5) is 59.5. The first-order chi connectivity index (χ1) is 24.2. The zero-order valence-corrected chi connectivity index (χ0v) is 28.7. The quantitative estimate of drug-likeness (QED) is 0.176. The number of rotatable bonds is 12. The lowest BCUT2D eigenvalue weighted by Crippen LogP contribution is -2.58. The molecule has 2 heterocycles. The van der Waals surface area contributed by atoms with Gasteiger partial charge in [-0.25, -0.2) is 14.6 Å². The molecule has 1 aliphatic heterocycles. The van der Waals surface area contributed by atoms with Crippen molar-refractivity contribution in [2.45, 2.75) is 63.3 Å². The molecule has 1 saturated heterocycles. The molecule has 0 spiro atoms. The van der Waals surface area contributed by atoms with E-state index in [2.05, 4.69) is 15.6 Å². The van der Waals surface area contributed by atoms with Gasteiger partial charge in [-0.1, -0.05) is 78.9 Å². The molecule has 3 amide bonds. The van der Waals surface area contributed by atoms with Crippen molar-refractivity contribution in [3.05, 3.63) is 112 Å². The van der Waals surface area contributed by atoms with E-state index in [0.717, 1.165) is 34.2 Å². The lowest BCUT2D eigenvalue weighted by atomic mass is 9.98. The molecule has 3 N–H and O–H groups in total. The van der Waals surface area contributed by atoms with Gasteiger partial charge in [-0.15, -0.1) is 11.3 Å². The van der Waals surface area contributed by atoms with Crippen LogP contribution >= 0.6 is 11.3 Å². The van der Waals surface area contributed by atoms with Crippen LogP contribution in [0.2, 0.25) is 0 Å². The van der Waals surface area contributed by atoms with Crippen molar-refractivity contribution < 1.29 is 33.8 Å². The van der Waals surface area contributed by atoms with Crippen molar-refractivity contribution in [1.29, 1.82) is 0 Å². The van der Waals surface area contributed by atoms with E-state index < -0.39 is 36.2 Å². The summed E-state index contributed by atoms with van der Waals surface area (Å²) < 4.78 is 10.7. The number of ether oxygens (including phenoxy) is 2. The number of fused-ring (bicyclic) bond motifs is 3. The summed E-state index contributed by atoms with van der Waals surface area (Å²) in [6, 6.07) is 22.4. The van der Waals surface area contributed by atoms with Crippen LogP contribution in [0.4, 0.5) is 4.79 Å². The Morgan fingerprint density at radius 2 is 1.60 bits per heavy atom. The Morgan fingerprint density at radius 3 is 2.26 bits per heavy atom. The van der Waals surface area contributed by atoms with Gasteiger partial charge >= 0.3 is 12.1 Å². The van der Waals surface area contributed by atoms with Crippen LogP contribution in [0.5, 0.6) is 0 Å². The fourth-order valence-corrected chi connectivity index (χ4v) is 7.65. The number of likely N-dealkylation sites (tertiary alicyclic amines) is 1. The first-order valence-corrected chi connectivity index (χ1v) is 17.7. The third-order valence-electron chi connectivity index (χ3n) is 9.11. The zero-order chi connectivity index (χ0) is 35.2. The second-order valence-electron chi connectivity index (χ2n) is 12.4. The monoisotopic (exact) mass is 696 g/mol. The van der Waals surface area contributed by atoms with Gasteiger partial charge in [0.15, 0.2) is 5.69 Å². The van der Waals surface area contributed by atoms with E-state index in [1.807, 2.05) is 78.9 Å². The Hall–Kier alpha value is -5.07. The maximum atomic E-state index is 14.2. The molecule has 0 radical (unpaired) electrons. The van der Waals surface area contributed by atoms with Crippen molar-refractivity contribution in [2.75, 3.05) is 19.8 Å². The maximum Gasteiger partial charge on any atom is 0.407 e. The highest BCUT2D eigenvalue weighted by atomic mass is 32.1. The highest BCUT2D eigenvalue weighted by Crippen LogP contribution is 2.44. The number of hydrogen-bond acceptors (Lipinski definition) is 9. The van der Waals surface area contributed by atoms with E-state index in [9.17, 15) is 24.3 Å². The molecular formula is C38H40N4O7S. The van der Waals surface area contributed by atoms with Crippen LogP contribution in [0.15, 0.2) is 84.2 Å². The topological polar surface area (TPSA) is 147 Å². The number of alkyl carbamates (subject to hydrolysis) is 1. The minimum atomic E-state index is -1.39. The van der Waals surface area contributed by atoms with Gasteiger partial charge in [0.1, 0.15) is 23.7 Å². The Morgan fingerprint density at radius 1 is 0.940 bits per heavy atom.